The van der Waals surface area contributed by atoms with E-state index < -0.39 is 0 Å². The molecule has 19 heavy (non-hydrogen) atoms. The van der Waals surface area contributed by atoms with E-state index in [9.17, 15) is 0 Å². The molecule has 0 radical (unpaired) electrons. The van der Waals surface area contributed by atoms with Crippen molar-refractivity contribution >= 4 is 34.5 Å². The molecule has 0 amide bonds. The monoisotopic (exact) mass is 274 g/mol. The number of nitrogens with two attached hydrogens (primary N) is 1. The molecule has 0 saturated heterocycles. The Morgan fingerprint density at radius 3 is 2.63 bits per heavy atom. The lowest BCUT2D eigenvalue weighted by Crippen LogP contribution is -2.37. The van der Waals surface area contributed by atoms with Crippen molar-refractivity contribution in [1.82, 2.24) is 4.98 Å². The number of benzene rings is 1. The van der Waals surface area contributed by atoms with E-state index in [2.05, 4.69) is 34.0 Å². The van der Waals surface area contributed by atoms with Crippen molar-refractivity contribution in [3.8, 4) is 0 Å². The molecule has 3 rings (SSSR count). The highest BCUT2D eigenvalue weighted by Gasteiger charge is 2.23. The first kappa shape index (κ1) is 12.1. The highest BCUT2D eigenvalue weighted by atomic mass is 35.5. The molecule has 0 atom stereocenters. The first-order valence-electron chi connectivity index (χ1n) is 6.16. The van der Waals surface area contributed by atoms with Gasteiger partial charge in [0.1, 0.15) is 5.15 Å². The molecule has 0 aliphatic carbocycles. The fourth-order valence-corrected chi connectivity index (χ4v) is 2.52. The van der Waals surface area contributed by atoms with E-state index >= 15 is 0 Å². The minimum atomic E-state index is 0.459. The summed E-state index contributed by atoms with van der Waals surface area (Å²) in [6.45, 7) is 1.76. The predicted octanol–water partition coefficient (Wildman–Crippen LogP) is 2.91. The van der Waals surface area contributed by atoms with Crippen molar-refractivity contribution in [3.05, 3.63) is 41.6 Å². The normalized spacial score (nSPS) is 14.4. The van der Waals surface area contributed by atoms with Crippen LogP contribution in [0.2, 0.25) is 5.15 Å². The number of likely N-dealkylation sites (N-methyl/N-ethyl adjacent to an activating group) is 1. The van der Waals surface area contributed by atoms with Gasteiger partial charge in [-0.15, -0.1) is 0 Å². The summed E-state index contributed by atoms with van der Waals surface area (Å²) < 4.78 is 0. The third kappa shape index (κ3) is 2.08. The number of para-hydroxylation sites is 2. The van der Waals surface area contributed by atoms with Crippen molar-refractivity contribution in [2.75, 3.05) is 35.7 Å². The standard InChI is InChI=1S/C14H15ClN4/c1-18-8-9-19(12-5-3-2-4-11(12)18)14-10(16)6-7-13(15)17-14/h2-7H,8-9,16H2,1H3. The summed E-state index contributed by atoms with van der Waals surface area (Å²) in [5.41, 5.74) is 8.96. The lowest BCUT2D eigenvalue weighted by Gasteiger charge is -2.36. The lowest BCUT2D eigenvalue weighted by molar-refractivity contribution is 0.814. The third-order valence-corrected chi connectivity index (χ3v) is 3.58. The zero-order valence-corrected chi connectivity index (χ0v) is 11.4. The Kier molecular flexibility index (Phi) is 2.95. The fourth-order valence-electron chi connectivity index (χ4n) is 2.38. The second-order valence-corrected chi connectivity index (χ2v) is 5.00. The predicted molar refractivity (Wildman–Crippen MR) is 80.4 cm³/mol. The second kappa shape index (κ2) is 4.63. The van der Waals surface area contributed by atoms with Gasteiger partial charge in [0.15, 0.2) is 5.82 Å². The third-order valence-electron chi connectivity index (χ3n) is 3.37. The maximum atomic E-state index is 6.04. The van der Waals surface area contributed by atoms with Gasteiger partial charge in [0, 0.05) is 20.1 Å². The molecule has 0 spiro atoms. The van der Waals surface area contributed by atoms with Crippen LogP contribution in [-0.4, -0.2) is 25.1 Å². The van der Waals surface area contributed by atoms with Gasteiger partial charge in [-0.25, -0.2) is 4.98 Å². The molecule has 1 aliphatic heterocycles. The van der Waals surface area contributed by atoms with Crippen LogP contribution in [0.5, 0.6) is 0 Å². The number of nitrogens with zero attached hydrogens (tertiary/aromatic N) is 3. The maximum Gasteiger partial charge on any atom is 0.158 e. The van der Waals surface area contributed by atoms with Crippen LogP contribution in [0.4, 0.5) is 22.9 Å². The van der Waals surface area contributed by atoms with Crippen molar-refractivity contribution in [1.29, 1.82) is 0 Å². The summed E-state index contributed by atoms with van der Waals surface area (Å²) in [7, 11) is 2.09. The molecular weight excluding hydrogens is 260 g/mol. The maximum absolute atomic E-state index is 6.04. The van der Waals surface area contributed by atoms with E-state index in [0.29, 0.717) is 10.8 Å². The number of nitrogen functional groups attached to an aromatic ring is 1. The number of hydrogen-bond acceptors (Lipinski definition) is 4. The summed E-state index contributed by atoms with van der Waals surface area (Å²) in [5.74, 6) is 0.730. The van der Waals surface area contributed by atoms with Crippen LogP contribution in [0.15, 0.2) is 36.4 Å². The average Bonchev–Trinajstić information content (AvgIpc) is 2.43. The van der Waals surface area contributed by atoms with Crippen LogP contribution in [0.1, 0.15) is 0 Å². The molecule has 2 heterocycles. The first-order chi connectivity index (χ1) is 9.16. The van der Waals surface area contributed by atoms with Crippen molar-refractivity contribution in [2.24, 2.45) is 0 Å². The highest BCUT2D eigenvalue weighted by molar-refractivity contribution is 6.29. The number of halogens is 1. The van der Waals surface area contributed by atoms with Gasteiger partial charge in [0.05, 0.1) is 17.1 Å². The number of hydrogen-bond donors (Lipinski definition) is 1. The van der Waals surface area contributed by atoms with Crippen LogP contribution in [0.3, 0.4) is 0 Å². The van der Waals surface area contributed by atoms with Crippen molar-refractivity contribution in [2.45, 2.75) is 0 Å². The molecule has 2 N–H and O–H groups in total. The molecule has 1 aromatic carbocycles. The molecule has 1 aliphatic rings. The van der Waals surface area contributed by atoms with Crippen LogP contribution < -0.4 is 15.5 Å². The van der Waals surface area contributed by atoms with Gasteiger partial charge in [-0.3, -0.25) is 0 Å². The number of anilines is 4. The van der Waals surface area contributed by atoms with E-state index in [0.717, 1.165) is 24.6 Å². The van der Waals surface area contributed by atoms with Gasteiger partial charge in [0.2, 0.25) is 0 Å². The molecular formula is C14H15ClN4. The molecule has 98 valence electrons. The van der Waals surface area contributed by atoms with E-state index in [4.69, 9.17) is 17.3 Å². The summed E-state index contributed by atoms with van der Waals surface area (Å²) in [6, 6.07) is 11.7. The Labute approximate surface area is 117 Å². The Balaban J connectivity index is 2.12. The van der Waals surface area contributed by atoms with Gasteiger partial charge < -0.3 is 15.5 Å². The van der Waals surface area contributed by atoms with Crippen LogP contribution in [-0.2, 0) is 0 Å². The van der Waals surface area contributed by atoms with E-state index in [1.165, 1.54) is 5.69 Å². The number of fused-ring (bicyclic) bond motifs is 1. The van der Waals surface area contributed by atoms with Gasteiger partial charge in [0.25, 0.3) is 0 Å². The Morgan fingerprint density at radius 1 is 1.11 bits per heavy atom. The van der Waals surface area contributed by atoms with Crippen LogP contribution >= 0.6 is 11.6 Å². The number of pyridine rings is 1. The number of rotatable bonds is 1. The van der Waals surface area contributed by atoms with E-state index in [1.807, 2.05) is 12.1 Å². The largest absolute Gasteiger partial charge is 0.396 e. The minimum absolute atomic E-state index is 0.459. The Morgan fingerprint density at radius 2 is 1.84 bits per heavy atom. The Hall–Kier alpha value is -1.94. The summed E-state index contributed by atoms with van der Waals surface area (Å²) >= 11 is 5.99. The van der Waals surface area contributed by atoms with Gasteiger partial charge in [-0.1, -0.05) is 23.7 Å². The molecule has 0 fully saturated rings. The van der Waals surface area contributed by atoms with Crippen LogP contribution in [0, 0.1) is 0 Å². The topological polar surface area (TPSA) is 45.4 Å². The molecule has 0 unspecified atom stereocenters. The van der Waals surface area contributed by atoms with Gasteiger partial charge in [-0.05, 0) is 24.3 Å². The van der Waals surface area contributed by atoms with Crippen molar-refractivity contribution in [3.63, 3.8) is 0 Å². The van der Waals surface area contributed by atoms with Gasteiger partial charge >= 0.3 is 0 Å². The molecule has 5 heteroatoms. The lowest BCUT2D eigenvalue weighted by atomic mass is 10.1. The van der Waals surface area contributed by atoms with Gasteiger partial charge in [-0.2, -0.15) is 0 Å². The zero-order chi connectivity index (χ0) is 13.4. The first-order valence-corrected chi connectivity index (χ1v) is 6.54. The zero-order valence-electron chi connectivity index (χ0n) is 10.7. The Bertz CT molecular complexity index is 614. The summed E-state index contributed by atoms with van der Waals surface area (Å²) in [6.07, 6.45) is 0. The summed E-state index contributed by atoms with van der Waals surface area (Å²) in [4.78, 5) is 8.72. The second-order valence-electron chi connectivity index (χ2n) is 4.61. The number of aromatic nitrogens is 1. The van der Waals surface area contributed by atoms with Crippen LogP contribution in [0.25, 0.3) is 0 Å². The van der Waals surface area contributed by atoms with Crippen molar-refractivity contribution < 1.29 is 0 Å². The minimum Gasteiger partial charge on any atom is -0.396 e. The molecule has 1 aromatic heterocycles. The molecule has 0 saturated carbocycles. The quantitative estimate of drug-likeness (QED) is 0.812. The fraction of sp³-hybridized carbons (Fsp3) is 0.214. The molecule has 0 bridgehead atoms. The SMILES string of the molecule is CN1CCN(c2nc(Cl)ccc2N)c2ccccc21. The van der Waals surface area contributed by atoms with E-state index in [1.54, 1.807) is 12.1 Å². The summed E-state index contributed by atoms with van der Waals surface area (Å²) in [5, 5.41) is 0.459. The van der Waals surface area contributed by atoms with E-state index in [-0.39, 0.29) is 0 Å². The highest BCUT2D eigenvalue weighted by Crippen LogP contribution is 2.38. The molecule has 2 aromatic rings. The molecule has 4 nitrogen and oxygen atoms in total. The average molecular weight is 275 g/mol. The smallest absolute Gasteiger partial charge is 0.158 e.